The van der Waals surface area contributed by atoms with E-state index in [-0.39, 0.29) is 6.42 Å². The number of aryl methyl sites for hydroxylation is 1. The summed E-state index contributed by atoms with van der Waals surface area (Å²) in [5.74, 6) is 0.597. The summed E-state index contributed by atoms with van der Waals surface area (Å²) in [5, 5.41) is 20.5. The van der Waals surface area contributed by atoms with Crippen molar-refractivity contribution in [3.05, 3.63) is 83.6 Å². The minimum atomic E-state index is -0.908. The van der Waals surface area contributed by atoms with E-state index in [1.54, 1.807) is 19.3 Å². The Kier molecular flexibility index (Phi) is 13.6. The van der Waals surface area contributed by atoms with Gasteiger partial charge in [0, 0.05) is 19.8 Å². The van der Waals surface area contributed by atoms with Gasteiger partial charge in [0.2, 0.25) is 0 Å². The molecule has 0 bridgehead atoms. The van der Waals surface area contributed by atoms with Crippen LogP contribution in [0.25, 0.3) is 6.08 Å². The second kappa shape index (κ2) is 17.4. The van der Waals surface area contributed by atoms with Crippen molar-refractivity contribution in [2.24, 2.45) is 0 Å². The average Bonchev–Trinajstić information content (AvgIpc) is 2.97. The molecule has 0 radical (unpaired) electrons. The highest BCUT2D eigenvalue weighted by atomic mass is 32.2. The van der Waals surface area contributed by atoms with E-state index >= 15 is 0 Å². The van der Waals surface area contributed by atoms with Gasteiger partial charge in [-0.15, -0.1) is 0 Å². The number of thioether (sulfide) groups is 1. The molecule has 3 rings (SSSR count). The van der Waals surface area contributed by atoms with Crippen LogP contribution in [0, 0.1) is 0 Å². The minimum absolute atomic E-state index is 0.100. The van der Waals surface area contributed by atoms with Crippen LogP contribution >= 0.6 is 11.8 Å². The summed E-state index contributed by atoms with van der Waals surface area (Å²) in [6.07, 6.45) is 11.0. The minimum Gasteiger partial charge on any atom is -0.497 e. The molecule has 2 N–H and O–H groups in total. The zero-order chi connectivity index (χ0) is 29.5. The molecule has 1 heterocycles. The number of methoxy groups -OCH3 is 1. The number of pyridine rings is 1. The Morgan fingerprint density at radius 3 is 2.44 bits per heavy atom. The number of benzene rings is 2. The fraction of sp³-hybridized carbons (Fsp3) is 0.394. The molecule has 0 fully saturated rings. The number of carboxylic acids is 1. The Hall–Kier alpha value is -3.49. The summed E-state index contributed by atoms with van der Waals surface area (Å²) in [5.41, 5.74) is 2.90. The van der Waals surface area contributed by atoms with Gasteiger partial charge in [0.15, 0.2) is 0 Å². The number of aliphatic hydroxyl groups excluding tert-OH is 1. The van der Waals surface area contributed by atoms with Crippen LogP contribution in [0.4, 0.5) is 5.69 Å². The number of hydrogen-bond acceptors (Lipinski definition) is 7. The number of rotatable bonds is 18. The van der Waals surface area contributed by atoms with Crippen LogP contribution < -0.4 is 14.4 Å². The van der Waals surface area contributed by atoms with Crippen molar-refractivity contribution in [3.63, 3.8) is 0 Å². The Bertz CT molecular complexity index is 1250. The number of ether oxygens (including phenoxy) is 2. The zero-order valence-corrected chi connectivity index (χ0v) is 25.1. The first-order valence-corrected chi connectivity index (χ1v) is 15.0. The molecule has 1 aromatic heterocycles. The molecule has 3 aromatic rings. The lowest BCUT2D eigenvalue weighted by atomic mass is 10.0. The number of unbranched alkanes of at least 4 members (excludes halogenated alkanes) is 5. The molecule has 41 heavy (non-hydrogen) atoms. The maximum Gasteiger partial charge on any atom is 0.307 e. The molecule has 0 saturated heterocycles. The lowest BCUT2D eigenvalue weighted by Gasteiger charge is -2.16. The SMILES string of the molecule is COc1ccc(CCCCCCCCOc2ccc(SC(O)c3cccc(N(C)C)c3)nc2C=CCC(=O)O)cc1. The Labute approximate surface area is 248 Å². The number of aliphatic carboxylic acids is 1. The maximum absolute atomic E-state index is 11.0. The van der Waals surface area contributed by atoms with Gasteiger partial charge in [-0.05, 0) is 72.9 Å². The molecule has 1 unspecified atom stereocenters. The summed E-state index contributed by atoms with van der Waals surface area (Å²) in [7, 11) is 5.60. The van der Waals surface area contributed by atoms with E-state index in [9.17, 15) is 9.90 Å². The Balaban J connectivity index is 1.46. The van der Waals surface area contributed by atoms with Crippen LogP contribution in [0.15, 0.2) is 71.8 Å². The third kappa shape index (κ3) is 11.5. The predicted molar refractivity (Wildman–Crippen MR) is 167 cm³/mol. The van der Waals surface area contributed by atoms with E-state index in [1.165, 1.54) is 36.6 Å². The number of carboxylic acid groups (broad SMARTS) is 1. The average molecular weight is 579 g/mol. The lowest BCUT2D eigenvalue weighted by Crippen LogP contribution is -2.09. The highest BCUT2D eigenvalue weighted by Gasteiger charge is 2.14. The van der Waals surface area contributed by atoms with Gasteiger partial charge in [-0.3, -0.25) is 4.79 Å². The summed E-state index contributed by atoms with van der Waals surface area (Å²) < 4.78 is 11.3. The van der Waals surface area contributed by atoms with Gasteiger partial charge in [-0.25, -0.2) is 4.98 Å². The highest BCUT2D eigenvalue weighted by molar-refractivity contribution is 7.99. The van der Waals surface area contributed by atoms with Gasteiger partial charge in [0.25, 0.3) is 0 Å². The van der Waals surface area contributed by atoms with Crippen LogP contribution in [0.5, 0.6) is 11.5 Å². The van der Waals surface area contributed by atoms with Crippen LogP contribution in [0.2, 0.25) is 0 Å². The fourth-order valence-corrected chi connectivity index (χ4v) is 5.08. The van der Waals surface area contributed by atoms with Crippen molar-refractivity contribution in [2.75, 3.05) is 32.7 Å². The predicted octanol–water partition coefficient (Wildman–Crippen LogP) is 7.39. The fourth-order valence-electron chi connectivity index (χ4n) is 4.27. The topological polar surface area (TPSA) is 92.1 Å². The molecule has 8 heteroatoms. The molecule has 0 aliphatic carbocycles. The van der Waals surface area contributed by atoms with Gasteiger partial charge >= 0.3 is 5.97 Å². The van der Waals surface area contributed by atoms with Gasteiger partial charge in [-0.1, -0.05) is 67.8 Å². The van der Waals surface area contributed by atoms with Crippen LogP contribution in [0.3, 0.4) is 0 Å². The van der Waals surface area contributed by atoms with E-state index in [2.05, 4.69) is 17.1 Å². The van der Waals surface area contributed by atoms with Crippen LogP contribution in [-0.4, -0.2) is 49.0 Å². The van der Waals surface area contributed by atoms with Crippen molar-refractivity contribution in [1.29, 1.82) is 0 Å². The molecule has 220 valence electrons. The third-order valence-corrected chi connectivity index (χ3v) is 7.57. The quantitative estimate of drug-likeness (QED) is 0.0917. The first kappa shape index (κ1) is 32.0. The lowest BCUT2D eigenvalue weighted by molar-refractivity contribution is -0.135. The maximum atomic E-state index is 11.0. The molecule has 7 nitrogen and oxygen atoms in total. The van der Waals surface area contributed by atoms with Crippen LogP contribution in [0.1, 0.15) is 67.2 Å². The summed E-state index contributed by atoms with van der Waals surface area (Å²) in [6.45, 7) is 0.569. The zero-order valence-electron chi connectivity index (χ0n) is 24.3. The second-order valence-corrected chi connectivity index (χ2v) is 11.2. The smallest absolute Gasteiger partial charge is 0.307 e. The number of nitrogens with zero attached hydrogens (tertiary/aromatic N) is 2. The first-order valence-electron chi connectivity index (χ1n) is 14.1. The van der Waals surface area contributed by atoms with Crippen molar-refractivity contribution < 1.29 is 24.5 Å². The van der Waals surface area contributed by atoms with Crippen molar-refractivity contribution >= 4 is 29.5 Å². The molecule has 0 spiro atoms. The standard InChI is InChI=1S/C33H42N2O5S/c1-35(2)27-14-10-13-26(24-27)33(38)41-31-22-21-30(29(34-31)15-11-16-32(36)37)40-23-9-7-5-4-6-8-12-25-17-19-28(39-3)20-18-25/h10-11,13-15,17-22,24,33,38H,4-9,12,16,23H2,1-3H3,(H,36,37). The van der Waals surface area contributed by atoms with E-state index in [0.29, 0.717) is 23.1 Å². The summed E-state index contributed by atoms with van der Waals surface area (Å²) in [4.78, 5) is 17.6. The first-order chi connectivity index (χ1) is 19.9. The Morgan fingerprint density at radius 1 is 1.00 bits per heavy atom. The third-order valence-electron chi connectivity index (χ3n) is 6.61. The van der Waals surface area contributed by atoms with E-state index in [1.807, 2.05) is 67.5 Å². The monoisotopic (exact) mass is 578 g/mol. The van der Waals surface area contributed by atoms with Crippen molar-refractivity contribution in [3.8, 4) is 11.5 Å². The second-order valence-electron chi connectivity index (χ2n) is 10.1. The molecule has 1 atom stereocenters. The molecule has 0 aliphatic heterocycles. The molecule has 2 aromatic carbocycles. The van der Waals surface area contributed by atoms with E-state index in [0.717, 1.165) is 42.7 Å². The van der Waals surface area contributed by atoms with Gasteiger partial charge < -0.3 is 24.6 Å². The molecule has 0 saturated carbocycles. The number of anilines is 1. The normalized spacial score (nSPS) is 11.9. The van der Waals surface area contributed by atoms with E-state index < -0.39 is 11.4 Å². The van der Waals surface area contributed by atoms with Gasteiger partial charge in [0.05, 0.1) is 25.2 Å². The molecule has 0 aliphatic rings. The van der Waals surface area contributed by atoms with E-state index in [4.69, 9.17) is 14.6 Å². The number of aromatic nitrogens is 1. The van der Waals surface area contributed by atoms with Crippen molar-refractivity contribution in [1.82, 2.24) is 4.98 Å². The summed E-state index contributed by atoms with van der Waals surface area (Å²) >= 11 is 1.24. The molecule has 0 amide bonds. The molecular formula is C33H42N2O5S. The Morgan fingerprint density at radius 2 is 1.73 bits per heavy atom. The van der Waals surface area contributed by atoms with Gasteiger partial charge in [-0.2, -0.15) is 0 Å². The summed E-state index contributed by atoms with van der Waals surface area (Å²) in [6, 6.07) is 19.7. The number of aliphatic hydroxyl groups is 1. The number of carbonyl (C=O) groups is 1. The molecular weight excluding hydrogens is 536 g/mol. The largest absolute Gasteiger partial charge is 0.497 e. The van der Waals surface area contributed by atoms with Gasteiger partial charge in [0.1, 0.15) is 22.6 Å². The highest BCUT2D eigenvalue weighted by Crippen LogP contribution is 2.35. The van der Waals surface area contributed by atoms with Crippen molar-refractivity contribution in [2.45, 2.75) is 61.8 Å². The van der Waals surface area contributed by atoms with Crippen LogP contribution in [-0.2, 0) is 11.2 Å². The number of hydrogen-bond donors (Lipinski definition) is 2.